The van der Waals surface area contributed by atoms with Crippen LogP contribution in [-0.2, 0) is 4.79 Å². The zero-order valence-electron chi connectivity index (χ0n) is 10.1. The molecule has 0 aliphatic carbocycles. The molecule has 0 bridgehead atoms. The minimum Gasteiger partial charge on any atom is -0.480 e. The van der Waals surface area contributed by atoms with Gasteiger partial charge in [0.2, 0.25) is 0 Å². The Kier molecular flexibility index (Phi) is 4.31. The van der Waals surface area contributed by atoms with Gasteiger partial charge in [0, 0.05) is 6.54 Å². The van der Waals surface area contributed by atoms with Gasteiger partial charge in [-0.05, 0) is 25.7 Å². The monoisotopic (exact) mass is 224 g/mol. The van der Waals surface area contributed by atoms with Gasteiger partial charge in [0.15, 0.2) is 0 Å². The third-order valence-corrected chi connectivity index (χ3v) is 3.51. The largest absolute Gasteiger partial charge is 0.480 e. The Morgan fingerprint density at radius 2 is 2.31 bits per heavy atom. The first-order valence-electron chi connectivity index (χ1n) is 6.02. The maximum atomic E-state index is 11.5. The molecule has 1 saturated heterocycles. The molecule has 1 aliphatic heterocycles. The number of likely N-dealkylation sites (tertiary alicyclic amines) is 1. The molecule has 0 aromatic carbocycles. The highest BCUT2D eigenvalue weighted by Crippen LogP contribution is 2.36. The summed E-state index contributed by atoms with van der Waals surface area (Å²) in [6, 6.07) is 1.97. The van der Waals surface area contributed by atoms with Crippen molar-refractivity contribution in [1.29, 1.82) is 5.26 Å². The fraction of sp³-hybridized carbons (Fsp3) is 0.833. The quantitative estimate of drug-likeness (QED) is 0.775. The van der Waals surface area contributed by atoms with Crippen LogP contribution in [-0.4, -0.2) is 34.1 Å². The molecule has 2 unspecified atom stereocenters. The van der Waals surface area contributed by atoms with Crippen molar-refractivity contribution >= 4 is 5.97 Å². The third kappa shape index (κ3) is 2.05. The van der Waals surface area contributed by atoms with E-state index in [-0.39, 0.29) is 6.04 Å². The number of nitriles is 1. The third-order valence-electron chi connectivity index (χ3n) is 3.51. The van der Waals surface area contributed by atoms with Crippen molar-refractivity contribution in [1.82, 2.24) is 4.90 Å². The van der Waals surface area contributed by atoms with Gasteiger partial charge in [0.05, 0.1) is 12.1 Å². The molecule has 0 spiro atoms. The molecule has 2 atom stereocenters. The number of nitrogens with zero attached hydrogens (tertiary/aromatic N) is 2. The smallest absolute Gasteiger partial charge is 0.324 e. The molecular weight excluding hydrogens is 204 g/mol. The van der Waals surface area contributed by atoms with E-state index < -0.39 is 11.5 Å². The minimum atomic E-state index is -0.787. The van der Waals surface area contributed by atoms with Gasteiger partial charge in [-0.2, -0.15) is 5.26 Å². The van der Waals surface area contributed by atoms with E-state index in [1.54, 1.807) is 0 Å². The van der Waals surface area contributed by atoms with E-state index in [1.807, 2.05) is 18.7 Å². The summed E-state index contributed by atoms with van der Waals surface area (Å²) in [5.74, 6) is -0.763. The summed E-state index contributed by atoms with van der Waals surface area (Å²) in [7, 11) is 0. The Balaban J connectivity index is 2.98. The first-order valence-corrected chi connectivity index (χ1v) is 6.02. The average molecular weight is 224 g/mol. The Morgan fingerprint density at radius 3 is 2.75 bits per heavy atom. The lowest BCUT2D eigenvalue weighted by Crippen LogP contribution is -2.54. The first kappa shape index (κ1) is 13.0. The predicted molar refractivity (Wildman–Crippen MR) is 60.9 cm³/mol. The molecule has 1 aliphatic rings. The molecule has 0 amide bonds. The van der Waals surface area contributed by atoms with Crippen LogP contribution in [0.2, 0.25) is 0 Å². The van der Waals surface area contributed by atoms with Gasteiger partial charge >= 0.3 is 5.97 Å². The summed E-state index contributed by atoms with van der Waals surface area (Å²) >= 11 is 0. The van der Waals surface area contributed by atoms with Crippen molar-refractivity contribution in [3.05, 3.63) is 0 Å². The standard InChI is InChI=1S/C12H20N2O2/c1-3-6-12(11(15)16)7-5-8-14(12)10(4-2)9-13/h10H,3-8H2,1-2H3,(H,15,16). The van der Waals surface area contributed by atoms with Gasteiger partial charge in [-0.25, -0.2) is 0 Å². The maximum Gasteiger partial charge on any atom is 0.324 e. The highest BCUT2D eigenvalue weighted by atomic mass is 16.4. The summed E-state index contributed by atoms with van der Waals surface area (Å²) < 4.78 is 0. The molecule has 4 nitrogen and oxygen atoms in total. The number of hydrogen-bond acceptors (Lipinski definition) is 3. The van der Waals surface area contributed by atoms with Gasteiger partial charge in [-0.1, -0.05) is 20.3 Å². The van der Waals surface area contributed by atoms with E-state index in [2.05, 4.69) is 6.07 Å². The Labute approximate surface area is 96.9 Å². The second-order valence-electron chi connectivity index (χ2n) is 4.44. The fourth-order valence-corrected chi connectivity index (χ4v) is 2.75. The summed E-state index contributed by atoms with van der Waals surface area (Å²) in [5.41, 5.74) is -0.787. The van der Waals surface area contributed by atoms with Crippen LogP contribution in [0.5, 0.6) is 0 Å². The molecule has 0 aromatic rings. The molecule has 0 saturated carbocycles. The molecule has 1 rings (SSSR count). The van der Waals surface area contributed by atoms with E-state index in [1.165, 1.54) is 0 Å². The van der Waals surface area contributed by atoms with E-state index in [4.69, 9.17) is 5.26 Å². The molecular formula is C12H20N2O2. The zero-order chi connectivity index (χ0) is 12.2. The van der Waals surface area contributed by atoms with Crippen LogP contribution in [0.4, 0.5) is 0 Å². The summed E-state index contributed by atoms with van der Waals surface area (Å²) in [6.45, 7) is 4.66. The number of hydrogen-bond donors (Lipinski definition) is 1. The highest BCUT2D eigenvalue weighted by molar-refractivity contribution is 5.79. The normalized spacial score (nSPS) is 27.6. The summed E-state index contributed by atoms with van der Waals surface area (Å²) in [5, 5.41) is 18.5. The highest BCUT2D eigenvalue weighted by Gasteiger charge is 2.49. The molecule has 16 heavy (non-hydrogen) atoms. The van der Waals surface area contributed by atoms with Gasteiger partial charge < -0.3 is 5.11 Å². The van der Waals surface area contributed by atoms with Crippen LogP contribution in [0.3, 0.4) is 0 Å². The Bertz CT molecular complexity index is 298. The predicted octanol–water partition coefficient (Wildman–Crippen LogP) is 2.01. The van der Waals surface area contributed by atoms with Crippen LogP contribution >= 0.6 is 0 Å². The van der Waals surface area contributed by atoms with Crippen molar-refractivity contribution in [2.75, 3.05) is 6.54 Å². The van der Waals surface area contributed by atoms with Crippen molar-refractivity contribution < 1.29 is 9.90 Å². The molecule has 1 N–H and O–H groups in total. The summed E-state index contributed by atoms with van der Waals surface area (Å²) in [6.07, 6.45) is 3.72. The van der Waals surface area contributed by atoms with Crippen LogP contribution in [0.25, 0.3) is 0 Å². The summed E-state index contributed by atoms with van der Waals surface area (Å²) in [4.78, 5) is 13.4. The van der Waals surface area contributed by atoms with Gasteiger partial charge in [-0.15, -0.1) is 0 Å². The minimum absolute atomic E-state index is 0.259. The number of carboxylic acid groups (broad SMARTS) is 1. The van der Waals surface area contributed by atoms with Crippen molar-refractivity contribution in [2.45, 2.75) is 57.5 Å². The molecule has 0 aromatic heterocycles. The fourth-order valence-electron chi connectivity index (χ4n) is 2.75. The van der Waals surface area contributed by atoms with E-state index in [0.29, 0.717) is 19.3 Å². The number of rotatable bonds is 5. The zero-order valence-corrected chi connectivity index (χ0v) is 10.1. The van der Waals surface area contributed by atoms with Gasteiger partial charge in [-0.3, -0.25) is 9.69 Å². The van der Waals surface area contributed by atoms with E-state index >= 15 is 0 Å². The van der Waals surface area contributed by atoms with Gasteiger partial charge in [0.25, 0.3) is 0 Å². The average Bonchev–Trinajstić information content (AvgIpc) is 2.66. The first-order chi connectivity index (χ1) is 7.62. The lowest BCUT2D eigenvalue weighted by atomic mass is 9.89. The SMILES string of the molecule is CCCC1(C(=O)O)CCCN1C(C#N)CC. The van der Waals surface area contributed by atoms with Crippen molar-refractivity contribution in [3.63, 3.8) is 0 Å². The number of carboxylic acids is 1. The van der Waals surface area contributed by atoms with Gasteiger partial charge in [0.1, 0.15) is 5.54 Å². The molecule has 4 heteroatoms. The Morgan fingerprint density at radius 1 is 1.62 bits per heavy atom. The van der Waals surface area contributed by atoms with Crippen LogP contribution in [0, 0.1) is 11.3 Å². The lowest BCUT2D eigenvalue weighted by Gasteiger charge is -2.37. The number of carbonyl (C=O) groups is 1. The van der Waals surface area contributed by atoms with E-state index in [0.717, 1.165) is 19.4 Å². The molecule has 0 radical (unpaired) electrons. The number of aliphatic carboxylic acids is 1. The lowest BCUT2D eigenvalue weighted by molar-refractivity contribution is -0.151. The van der Waals surface area contributed by atoms with Crippen LogP contribution in [0.15, 0.2) is 0 Å². The maximum absolute atomic E-state index is 11.5. The second-order valence-corrected chi connectivity index (χ2v) is 4.44. The van der Waals surface area contributed by atoms with Crippen molar-refractivity contribution in [3.8, 4) is 6.07 Å². The van der Waals surface area contributed by atoms with Crippen molar-refractivity contribution in [2.24, 2.45) is 0 Å². The topological polar surface area (TPSA) is 64.3 Å². The second kappa shape index (κ2) is 5.31. The Hall–Kier alpha value is -1.08. The molecule has 1 fully saturated rings. The van der Waals surface area contributed by atoms with E-state index in [9.17, 15) is 9.90 Å². The molecule has 1 heterocycles. The van der Waals surface area contributed by atoms with Crippen LogP contribution in [0.1, 0.15) is 46.0 Å². The molecule has 90 valence electrons. The van der Waals surface area contributed by atoms with Crippen LogP contribution < -0.4 is 0 Å².